The maximum Gasteiger partial charge on any atom is 0.275 e. The Kier molecular flexibility index (Phi) is 4.91. The minimum absolute atomic E-state index is 0.101. The lowest BCUT2D eigenvalue weighted by Crippen LogP contribution is -2.29. The Morgan fingerprint density at radius 2 is 1.68 bits per heavy atom. The van der Waals surface area contributed by atoms with Gasteiger partial charge in [-0.05, 0) is 46.0 Å². The zero-order valence-electron chi connectivity index (χ0n) is 14.5. The molecule has 0 aliphatic carbocycles. The van der Waals surface area contributed by atoms with Crippen LogP contribution in [0, 0.1) is 6.92 Å². The minimum Gasteiger partial charge on any atom is -0.307 e. The van der Waals surface area contributed by atoms with Gasteiger partial charge in [-0.1, -0.05) is 32.0 Å². The molecule has 0 saturated carbocycles. The molecule has 4 nitrogen and oxygen atoms in total. The standard InChI is InChI=1S/C18H27N3O/c1-13(2)17-15(4)20(14(3)12-19(5)6)21(18(17)22)16-10-8-7-9-11-16/h7-11,13-14H,12H2,1-6H3. The molecule has 0 fully saturated rings. The fourth-order valence-corrected chi connectivity index (χ4v) is 3.25. The predicted molar refractivity (Wildman–Crippen MR) is 92.1 cm³/mol. The number of rotatable bonds is 5. The molecule has 1 atom stereocenters. The van der Waals surface area contributed by atoms with Gasteiger partial charge in [0.2, 0.25) is 0 Å². The predicted octanol–water partition coefficient (Wildman–Crippen LogP) is 3.19. The topological polar surface area (TPSA) is 30.2 Å². The van der Waals surface area contributed by atoms with Crippen molar-refractivity contribution in [3.05, 3.63) is 51.9 Å². The second-order valence-corrected chi connectivity index (χ2v) is 6.56. The lowest BCUT2D eigenvalue weighted by molar-refractivity contribution is 0.306. The summed E-state index contributed by atoms with van der Waals surface area (Å²) in [6.45, 7) is 9.28. The molecular formula is C18H27N3O. The Labute approximate surface area is 133 Å². The molecule has 22 heavy (non-hydrogen) atoms. The molecule has 1 aromatic heterocycles. The van der Waals surface area contributed by atoms with Crippen molar-refractivity contribution < 1.29 is 0 Å². The Balaban J connectivity index is 2.70. The summed E-state index contributed by atoms with van der Waals surface area (Å²) in [5.74, 6) is 0.218. The van der Waals surface area contributed by atoms with Gasteiger partial charge in [-0.25, -0.2) is 4.68 Å². The van der Waals surface area contributed by atoms with Gasteiger partial charge in [0.25, 0.3) is 5.56 Å². The summed E-state index contributed by atoms with van der Waals surface area (Å²) in [5, 5.41) is 0. The van der Waals surface area contributed by atoms with Gasteiger partial charge in [0, 0.05) is 17.8 Å². The largest absolute Gasteiger partial charge is 0.307 e. The molecule has 120 valence electrons. The van der Waals surface area contributed by atoms with Crippen LogP contribution in [-0.2, 0) is 0 Å². The van der Waals surface area contributed by atoms with Crippen LogP contribution < -0.4 is 5.56 Å². The van der Waals surface area contributed by atoms with Crippen molar-refractivity contribution in [2.45, 2.75) is 39.7 Å². The maximum absolute atomic E-state index is 13.0. The third-order valence-electron chi connectivity index (χ3n) is 4.00. The number of hydrogen-bond donors (Lipinski definition) is 0. The van der Waals surface area contributed by atoms with Gasteiger partial charge in [-0.3, -0.25) is 9.48 Å². The molecule has 0 amide bonds. The first kappa shape index (κ1) is 16.6. The molecule has 4 heteroatoms. The molecule has 0 saturated heterocycles. The summed E-state index contributed by atoms with van der Waals surface area (Å²) in [6, 6.07) is 10.1. The first-order valence-corrected chi connectivity index (χ1v) is 7.88. The van der Waals surface area contributed by atoms with E-state index in [-0.39, 0.29) is 17.5 Å². The monoisotopic (exact) mass is 301 g/mol. The van der Waals surface area contributed by atoms with Crippen molar-refractivity contribution >= 4 is 0 Å². The molecule has 0 N–H and O–H groups in total. The fourth-order valence-electron chi connectivity index (χ4n) is 3.25. The third-order valence-corrected chi connectivity index (χ3v) is 4.00. The quantitative estimate of drug-likeness (QED) is 0.849. The molecule has 1 heterocycles. The van der Waals surface area contributed by atoms with Crippen molar-refractivity contribution in [2.24, 2.45) is 0 Å². The maximum atomic E-state index is 13.0. The van der Waals surface area contributed by atoms with Gasteiger partial charge in [0.05, 0.1) is 11.7 Å². The molecule has 1 unspecified atom stereocenters. The molecule has 1 aromatic carbocycles. The van der Waals surface area contributed by atoms with Crippen molar-refractivity contribution in [1.29, 1.82) is 0 Å². The first-order valence-electron chi connectivity index (χ1n) is 7.88. The normalized spacial score (nSPS) is 13.1. The van der Waals surface area contributed by atoms with Crippen LogP contribution in [0.15, 0.2) is 35.1 Å². The summed E-state index contributed by atoms with van der Waals surface area (Å²) < 4.78 is 3.98. The van der Waals surface area contributed by atoms with Crippen LogP contribution in [0.25, 0.3) is 5.69 Å². The van der Waals surface area contributed by atoms with E-state index in [1.807, 2.05) is 35.0 Å². The Morgan fingerprint density at radius 3 is 2.18 bits per heavy atom. The summed E-state index contributed by atoms with van der Waals surface area (Å²) in [7, 11) is 4.12. The summed E-state index contributed by atoms with van der Waals surface area (Å²) >= 11 is 0. The van der Waals surface area contributed by atoms with Gasteiger partial charge in [-0.15, -0.1) is 0 Å². The third kappa shape index (κ3) is 3.02. The highest BCUT2D eigenvalue weighted by atomic mass is 16.1. The number of likely N-dealkylation sites (N-methyl/N-ethyl adjacent to an activating group) is 1. The number of para-hydroxylation sites is 1. The number of benzene rings is 1. The van der Waals surface area contributed by atoms with Gasteiger partial charge in [0.15, 0.2) is 0 Å². The first-order chi connectivity index (χ1) is 10.3. The van der Waals surface area contributed by atoms with Crippen LogP contribution in [0.5, 0.6) is 0 Å². The highest BCUT2D eigenvalue weighted by molar-refractivity contribution is 5.34. The highest BCUT2D eigenvalue weighted by Gasteiger charge is 2.23. The van der Waals surface area contributed by atoms with Crippen molar-refractivity contribution in [3.63, 3.8) is 0 Å². The molecule has 0 bridgehead atoms. The Bertz CT molecular complexity index is 680. The van der Waals surface area contributed by atoms with E-state index in [0.717, 1.165) is 23.5 Å². The second-order valence-electron chi connectivity index (χ2n) is 6.56. The lowest BCUT2D eigenvalue weighted by atomic mass is 10.0. The highest BCUT2D eigenvalue weighted by Crippen LogP contribution is 2.22. The van der Waals surface area contributed by atoms with Crippen molar-refractivity contribution in [3.8, 4) is 5.69 Å². The summed E-state index contributed by atoms with van der Waals surface area (Å²) in [5.41, 5.74) is 3.00. The van der Waals surface area contributed by atoms with E-state index in [4.69, 9.17) is 0 Å². The molecule has 0 radical (unpaired) electrons. The second kappa shape index (κ2) is 6.53. The average molecular weight is 301 g/mol. The van der Waals surface area contributed by atoms with Gasteiger partial charge < -0.3 is 4.90 Å². The van der Waals surface area contributed by atoms with Crippen LogP contribution in [-0.4, -0.2) is 34.9 Å². The number of nitrogens with zero attached hydrogens (tertiary/aromatic N) is 3. The summed E-state index contributed by atoms with van der Waals surface area (Å²) in [4.78, 5) is 15.1. The van der Waals surface area contributed by atoms with E-state index < -0.39 is 0 Å². The van der Waals surface area contributed by atoms with E-state index in [1.54, 1.807) is 0 Å². The zero-order chi connectivity index (χ0) is 16.4. The number of hydrogen-bond acceptors (Lipinski definition) is 2. The van der Waals surface area contributed by atoms with Crippen molar-refractivity contribution in [1.82, 2.24) is 14.3 Å². The number of aromatic nitrogens is 2. The van der Waals surface area contributed by atoms with E-state index >= 15 is 0 Å². The molecule has 2 aromatic rings. The van der Waals surface area contributed by atoms with Gasteiger partial charge in [-0.2, -0.15) is 0 Å². The Morgan fingerprint density at radius 1 is 1.09 bits per heavy atom. The SMILES string of the molecule is Cc1c(C(C)C)c(=O)n(-c2ccccc2)n1C(C)CN(C)C. The van der Waals surface area contributed by atoms with Crippen LogP contribution in [0.4, 0.5) is 0 Å². The lowest BCUT2D eigenvalue weighted by Gasteiger charge is -2.23. The van der Waals surface area contributed by atoms with E-state index in [2.05, 4.69) is 51.4 Å². The smallest absolute Gasteiger partial charge is 0.275 e. The molecule has 0 spiro atoms. The van der Waals surface area contributed by atoms with E-state index in [9.17, 15) is 4.79 Å². The van der Waals surface area contributed by atoms with Gasteiger partial charge in [0.1, 0.15) is 0 Å². The van der Waals surface area contributed by atoms with Crippen LogP contribution in [0.1, 0.15) is 44.0 Å². The van der Waals surface area contributed by atoms with E-state index in [0.29, 0.717) is 0 Å². The van der Waals surface area contributed by atoms with Crippen LogP contribution in [0.3, 0.4) is 0 Å². The minimum atomic E-state index is 0.101. The fraction of sp³-hybridized carbons (Fsp3) is 0.500. The van der Waals surface area contributed by atoms with Crippen LogP contribution in [0.2, 0.25) is 0 Å². The molecule has 0 aliphatic heterocycles. The Hall–Kier alpha value is -1.81. The van der Waals surface area contributed by atoms with E-state index in [1.165, 1.54) is 0 Å². The average Bonchev–Trinajstić information content (AvgIpc) is 2.70. The molecular weight excluding hydrogens is 274 g/mol. The van der Waals surface area contributed by atoms with Gasteiger partial charge >= 0.3 is 0 Å². The van der Waals surface area contributed by atoms with Crippen molar-refractivity contribution in [2.75, 3.05) is 20.6 Å². The summed E-state index contributed by atoms with van der Waals surface area (Å²) in [6.07, 6.45) is 0. The molecule has 2 rings (SSSR count). The zero-order valence-corrected chi connectivity index (χ0v) is 14.5. The molecule has 0 aliphatic rings. The van der Waals surface area contributed by atoms with Crippen LogP contribution >= 0.6 is 0 Å².